The summed E-state index contributed by atoms with van der Waals surface area (Å²) < 4.78 is 83.0. The summed E-state index contributed by atoms with van der Waals surface area (Å²) >= 11 is 1.50. The van der Waals surface area contributed by atoms with Crippen LogP contribution in [-0.4, -0.2) is 62.8 Å². The van der Waals surface area contributed by atoms with Gasteiger partial charge in [0.05, 0.1) is 25.9 Å². The molecule has 17 heteroatoms. The number of oxazole rings is 1. The first-order valence-corrected chi connectivity index (χ1v) is 18.1. The molecule has 244 valence electrons. The van der Waals surface area contributed by atoms with Gasteiger partial charge >= 0.3 is 35.2 Å². The average Bonchev–Trinajstić information content (AvgIpc) is 3.61. The van der Waals surface area contributed by atoms with Gasteiger partial charge in [0.1, 0.15) is 4.70 Å². The summed E-state index contributed by atoms with van der Waals surface area (Å²) in [6.45, 7) is 0.535. The monoisotopic (exact) mass is 710 g/mol. The van der Waals surface area contributed by atoms with Crippen LogP contribution in [0.5, 0.6) is 5.75 Å². The van der Waals surface area contributed by atoms with Crippen molar-refractivity contribution in [2.24, 2.45) is 0 Å². The van der Waals surface area contributed by atoms with Crippen molar-refractivity contribution in [1.29, 1.82) is 0 Å². The third-order valence-corrected chi connectivity index (χ3v) is 9.64. The van der Waals surface area contributed by atoms with E-state index < -0.39 is 37.4 Å². The zero-order valence-corrected chi connectivity index (χ0v) is 30.4. The molecule has 0 N–H and O–H groups in total. The maximum absolute atomic E-state index is 13.0. The number of aryl methyl sites for hydroxylation is 1. The Morgan fingerprint density at radius 2 is 1.62 bits per heavy atom. The fourth-order valence-corrected chi connectivity index (χ4v) is 7.09. The summed E-state index contributed by atoms with van der Waals surface area (Å²) in [5, 5.41) is 2.67. The first kappa shape index (κ1) is 36.6. The molecule has 0 saturated carbocycles. The van der Waals surface area contributed by atoms with Crippen molar-refractivity contribution in [2.45, 2.75) is 19.4 Å². The normalized spacial score (nSPS) is 15.1. The molecule has 1 aliphatic rings. The number of hydrogen-bond acceptors (Lipinski definition) is 12. The Bertz CT molecular complexity index is 2220. The van der Waals surface area contributed by atoms with Crippen molar-refractivity contribution in [2.75, 3.05) is 42.1 Å². The molecule has 0 aliphatic carbocycles. The van der Waals surface area contributed by atoms with Crippen LogP contribution in [0.1, 0.15) is 17.8 Å². The molecule has 47 heavy (non-hydrogen) atoms. The Balaban J connectivity index is 0.00000500. The van der Waals surface area contributed by atoms with E-state index in [0.717, 1.165) is 15.2 Å². The van der Waals surface area contributed by atoms with Crippen LogP contribution < -0.4 is 65.3 Å². The van der Waals surface area contributed by atoms with Crippen molar-refractivity contribution in [3.63, 3.8) is 0 Å². The van der Waals surface area contributed by atoms with E-state index in [4.69, 9.17) is 9.15 Å². The average molecular weight is 711 g/mol. The SMILES string of the molecule is CN(C)n1c(=CC=Cc2sc3ccccc3[n+]2CCCS(=O)(=O)[O-])oc(=O)c1=CC=C1Oc2ccccc2N1CCCS(=O)(=O)[O-].[Na+]. The molecule has 0 amide bonds. The fourth-order valence-electron chi connectivity index (χ4n) is 5.03. The molecule has 2 aromatic carbocycles. The minimum atomic E-state index is -4.38. The van der Waals surface area contributed by atoms with Gasteiger partial charge in [-0.2, -0.15) is 4.57 Å². The zero-order chi connectivity index (χ0) is 33.1. The predicted molar refractivity (Wildman–Crippen MR) is 173 cm³/mol. The standard InChI is InChI=1S/C30H32N4O9S3.Na/c1-31(2)34-24(16-17-27-32(18-8-20-45(36,37)38)22-10-3-5-12-25(22)42-27)30(35)43-28(34)14-7-15-29-33(19-9-21-46(39,40)41)23-11-4-6-13-26(23)44-29;/h3-7,10-17H,8-9,18-21H2,1-2H3,(H-,36,37,38,39,40,41);/q;+1/p-1. The number of ether oxygens (including phenoxy) is 1. The number of fused-ring (bicyclic) bond motifs is 2. The smallest absolute Gasteiger partial charge is 0.748 e. The number of para-hydroxylation sites is 3. The van der Waals surface area contributed by atoms with E-state index in [0.29, 0.717) is 23.9 Å². The summed E-state index contributed by atoms with van der Waals surface area (Å²) in [5.41, 5.74) is 1.23. The van der Waals surface area contributed by atoms with E-state index in [1.165, 1.54) is 17.4 Å². The Kier molecular flexibility index (Phi) is 11.9. The molecule has 0 fully saturated rings. The summed E-state index contributed by atoms with van der Waals surface area (Å²) in [6.07, 6.45) is 8.53. The molecule has 13 nitrogen and oxygen atoms in total. The second-order valence-electron chi connectivity index (χ2n) is 10.5. The molecule has 0 spiro atoms. The van der Waals surface area contributed by atoms with Gasteiger partial charge in [-0.15, -0.1) is 0 Å². The first-order chi connectivity index (χ1) is 21.8. The molecule has 1 aliphatic heterocycles. The van der Waals surface area contributed by atoms with Crippen LogP contribution in [0.3, 0.4) is 0 Å². The third-order valence-electron chi connectivity index (χ3n) is 6.93. The van der Waals surface area contributed by atoms with Crippen LogP contribution in [0.4, 0.5) is 5.69 Å². The second-order valence-corrected chi connectivity index (χ2v) is 14.6. The van der Waals surface area contributed by atoms with E-state index >= 15 is 0 Å². The van der Waals surface area contributed by atoms with Crippen molar-refractivity contribution in [3.05, 3.63) is 92.9 Å². The van der Waals surface area contributed by atoms with E-state index in [-0.39, 0.29) is 59.8 Å². The summed E-state index contributed by atoms with van der Waals surface area (Å²) in [4.78, 5) is 14.7. The van der Waals surface area contributed by atoms with Gasteiger partial charge in [0.15, 0.2) is 17.6 Å². The fraction of sp³-hybridized carbons (Fsp3) is 0.267. The first-order valence-electron chi connectivity index (χ1n) is 14.1. The molecule has 0 bridgehead atoms. The maximum Gasteiger partial charge on any atom is 1.00 e. The van der Waals surface area contributed by atoms with Gasteiger partial charge in [-0.05, 0) is 36.8 Å². The number of benzene rings is 2. The second kappa shape index (κ2) is 15.3. The van der Waals surface area contributed by atoms with Crippen molar-refractivity contribution in [3.8, 4) is 5.75 Å². The largest absolute Gasteiger partial charge is 1.00 e. The van der Waals surface area contributed by atoms with Gasteiger partial charge < -0.3 is 28.2 Å². The number of nitrogens with zero attached hydrogens (tertiary/aromatic N) is 4. The quantitative estimate of drug-likeness (QED) is 0.0909. The van der Waals surface area contributed by atoms with Crippen molar-refractivity contribution >= 4 is 65.7 Å². The number of anilines is 1. The van der Waals surface area contributed by atoms with Gasteiger partial charge in [0.25, 0.3) is 5.01 Å². The Labute approximate surface area is 297 Å². The van der Waals surface area contributed by atoms with E-state index in [2.05, 4.69) is 0 Å². The number of thiazole rings is 1. The number of allylic oxidation sites excluding steroid dienone is 2. The Morgan fingerprint density at radius 3 is 2.34 bits per heavy atom. The van der Waals surface area contributed by atoms with E-state index in [9.17, 15) is 30.7 Å². The zero-order valence-electron chi connectivity index (χ0n) is 25.9. The van der Waals surface area contributed by atoms with Crippen LogP contribution in [0, 0.1) is 0 Å². The minimum absolute atomic E-state index is 0. The minimum Gasteiger partial charge on any atom is -0.748 e. The molecule has 0 atom stereocenters. The van der Waals surface area contributed by atoms with Crippen LogP contribution in [-0.2, 0) is 26.8 Å². The predicted octanol–water partition coefficient (Wildman–Crippen LogP) is -1.97. The van der Waals surface area contributed by atoms with Crippen LogP contribution >= 0.6 is 11.3 Å². The Morgan fingerprint density at radius 1 is 0.936 bits per heavy atom. The Hall–Kier alpha value is -3.22. The van der Waals surface area contributed by atoms with Crippen LogP contribution in [0.2, 0.25) is 0 Å². The molecular formula is C30H31N4NaO9S3. The number of aromatic nitrogens is 2. The van der Waals surface area contributed by atoms with E-state index in [1.807, 2.05) is 47.0 Å². The molecule has 0 radical (unpaired) electrons. The molecular weight excluding hydrogens is 680 g/mol. The molecule has 4 aromatic rings. The van der Waals surface area contributed by atoms with Crippen LogP contribution in [0.15, 0.2) is 75.8 Å². The van der Waals surface area contributed by atoms with Gasteiger partial charge in [-0.1, -0.05) is 35.6 Å². The van der Waals surface area contributed by atoms with E-state index in [1.54, 1.807) is 59.0 Å². The molecule has 0 unspecified atom stereocenters. The van der Waals surface area contributed by atoms with Crippen LogP contribution in [0.25, 0.3) is 28.4 Å². The molecule has 2 aromatic heterocycles. The molecule has 0 saturated heterocycles. The third kappa shape index (κ3) is 9.23. The van der Waals surface area contributed by atoms with Gasteiger partial charge in [0, 0.05) is 62.9 Å². The topological polar surface area (TPSA) is 169 Å². The number of rotatable bonds is 12. The summed E-state index contributed by atoms with van der Waals surface area (Å²) in [5.74, 6) is -0.0892. The van der Waals surface area contributed by atoms with Gasteiger partial charge in [0.2, 0.25) is 16.9 Å². The van der Waals surface area contributed by atoms with Crippen molar-refractivity contribution < 1.29 is 69.2 Å². The molecule has 5 rings (SSSR count). The summed E-state index contributed by atoms with van der Waals surface area (Å²) in [6, 6.07) is 14.8. The van der Waals surface area contributed by atoms with Gasteiger partial charge in [-0.3, -0.25) is 0 Å². The van der Waals surface area contributed by atoms with Gasteiger partial charge in [-0.25, -0.2) is 26.3 Å². The summed E-state index contributed by atoms with van der Waals surface area (Å²) in [7, 11) is -5.24. The molecule has 3 heterocycles. The van der Waals surface area contributed by atoms with Crippen molar-refractivity contribution in [1.82, 2.24) is 4.68 Å². The maximum atomic E-state index is 13.0. The number of hydrogen-bond donors (Lipinski definition) is 0.